The maximum atomic E-state index is 12.6. The number of likely N-dealkylation sites (tertiary alicyclic amines) is 1. The summed E-state index contributed by atoms with van der Waals surface area (Å²) in [5, 5.41) is 10.6. The van der Waals surface area contributed by atoms with Crippen LogP contribution in [0.15, 0.2) is 22.6 Å². The van der Waals surface area contributed by atoms with Gasteiger partial charge < -0.3 is 14.4 Å². The number of hydrogen-bond donors (Lipinski definition) is 1. The average molecular weight is 308 g/mol. The molecule has 2 heterocycles. The highest BCUT2D eigenvalue weighted by molar-refractivity contribution is 6.35. The number of aryl methyl sites for hydroxylation is 1. The topological polar surface area (TPSA) is 53.7 Å². The van der Waals surface area contributed by atoms with Gasteiger partial charge in [-0.1, -0.05) is 23.7 Å². The lowest BCUT2D eigenvalue weighted by Gasteiger charge is -2.30. The molecule has 0 saturated carbocycles. The van der Waals surface area contributed by atoms with Crippen LogP contribution in [0.25, 0.3) is 11.0 Å². The summed E-state index contributed by atoms with van der Waals surface area (Å²) in [6.07, 6.45) is 1.67. The van der Waals surface area contributed by atoms with Crippen LogP contribution in [0.5, 0.6) is 0 Å². The predicted octanol–water partition coefficient (Wildman–Crippen LogP) is 3.24. The Balaban J connectivity index is 1.89. The van der Waals surface area contributed by atoms with E-state index in [1.807, 2.05) is 19.1 Å². The minimum atomic E-state index is -0.0869. The zero-order valence-electron chi connectivity index (χ0n) is 11.9. The minimum Gasteiger partial charge on any atom is -0.449 e. The average Bonchev–Trinajstić information content (AvgIpc) is 2.85. The molecule has 0 atom stereocenters. The molecule has 1 amide bonds. The molecule has 5 heteroatoms. The van der Waals surface area contributed by atoms with E-state index in [9.17, 15) is 4.79 Å². The second-order valence-corrected chi connectivity index (χ2v) is 6.00. The molecule has 1 fully saturated rings. The number of hydrogen-bond acceptors (Lipinski definition) is 3. The van der Waals surface area contributed by atoms with Crippen LogP contribution in [0.2, 0.25) is 5.02 Å². The Labute approximate surface area is 128 Å². The van der Waals surface area contributed by atoms with Crippen LogP contribution < -0.4 is 0 Å². The molecule has 1 aliphatic heterocycles. The lowest BCUT2D eigenvalue weighted by molar-refractivity contribution is 0.0621. The van der Waals surface area contributed by atoms with Crippen molar-refractivity contribution in [3.05, 3.63) is 34.5 Å². The monoisotopic (exact) mass is 307 g/mol. The van der Waals surface area contributed by atoms with Crippen LogP contribution >= 0.6 is 11.6 Å². The van der Waals surface area contributed by atoms with E-state index >= 15 is 0 Å². The summed E-state index contributed by atoms with van der Waals surface area (Å²) in [4.78, 5) is 14.4. The smallest absolute Gasteiger partial charge is 0.289 e. The van der Waals surface area contributed by atoms with Gasteiger partial charge in [-0.2, -0.15) is 0 Å². The number of benzene rings is 1. The fourth-order valence-corrected chi connectivity index (χ4v) is 3.09. The Hall–Kier alpha value is -1.52. The maximum absolute atomic E-state index is 12.6. The number of halogens is 1. The van der Waals surface area contributed by atoms with E-state index in [-0.39, 0.29) is 12.5 Å². The lowest BCUT2D eigenvalue weighted by atomic mass is 9.97. The van der Waals surface area contributed by atoms with Crippen molar-refractivity contribution in [2.45, 2.75) is 19.8 Å². The summed E-state index contributed by atoms with van der Waals surface area (Å²) in [7, 11) is 0. The molecular weight excluding hydrogens is 290 g/mol. The molecule has 3 rings (SSSR count). The number of piperidine rings is 1. The first-order valence-corrected chi connectivity index (χ1v) is 7.57. The van der Waals surface area contributed by atoms with Crippen LogP contribution in [-0.2, 0) is 0 Å². The van der Waals surface area contributed by atoms with Gasteiger partial charge in [0, 0.05) is 30.6 Å². The van der Waals surface area contributed by atoms with E-state index in [1.165, 1.54) is 0 Å². The van der Waals surface area contributed by atoms with Gasteiger partial charge in [0.25, 0.3) is 5.91 Å². The van der Waals surface area contributed by atoms with Crippen molar-refractivity contribution in [3.8, 4) is 0 Å². The number of rotatable bonds is 2. The molecule has 0 bridgehead atoms. The van der Waals surface area contributed by atoms with Gasteiger partial charge in [0.2, 0.25) is 0 Å². The summed E-state index contributed by atoms with van der Waals surface area (Å²) in [5.74, 6) is 0.594. The third kappa shape index (κ3) is 2.54. The van der Waals surface area contributed by atoms with E-state index in [4.69, 9.17) is 21.1 Å². The van der Waals surface area contributed by atoms with E-state index in [0.29, 0.717) is 35.4 Å². The normalized spacial score (nSPS) is 16.6. The Morgan fingerprint density at radius 2 is 2.14 bits per heavy atom. The largest absolute Gasteiger partial charge is 0.449 e. The Morgan fingerprint density at radius 1 is 1.43 bits per heavy atom. The summed E-state index contributed by atoms with van der Waals surface area (Å²) in [5.41, 5.74) is 1.41. The van der Waals surface area contributed by atoms with E-state index in [0.717, 1.165) is 23.8 Å². The van der Waals surface area contributed by atoms with E-state index in [1.54, 1.807) is 11.0 Å². The maximum Gasteiger partial charge on any atom is 0.289 e. The van der Waals surface area contributed by atoms with Crippen molar-refractivity contribution < 1.29 is 14.3 Å². The van der Waals surface area contributed by atoms with Gasteiger partial charge in [-0.15, -0.1) is 0 Å². The molecular formula is C16H18ClNO3. The first kappa shape index (κ1) is 14.4. The molecule has 0 spiro atoms. The second-order valence-electron chi connectivity index (χ2n) is 5.59. The molecule has 0 radical (unpaired) electrons. The Kier molecular flexibility index (Phi) is 3.91. The number of aliphatic hydroxyl groups is 1. The van der Waals surface area contributed by atoms with Gasteiger partial charge in [0.1, 0.15) is 0 Å². The number of aliphatic hydroxyl groups excluding tert-OH is 1. The molecule has 0 unspecified atom stereocenters. The van der Waals surface area contributed by atoms with Gasteiger partial charge in [-0.05, 0) is 31.7 Å². The van der Waals surface area contributed by atoms with Crippen LogP contribution in [0, 0.1) is 12.8 Å². The summed E-state index contributed by atoms with van der Waals surface area (Å²) >= 11 is 6.12. The fourth-order valence-electron chi connectivity index (χ4n) is 2.88. The van der Waals surface area contributed by atoms with Crippen molar-refractivity contribution in [1.29, 1.82) is 0 Å². The van der Waals surface area contributed by atoms with Gasteiger partial charge in [-0.3, -0.25) is 4.79 Å². The van der Waals surface area contributed by atoms with Gasteiger partial charge in [0.15, 0.2) is 11.3 Å². The van der Waals surface area contributed by atoms with Crippen LogP contribution in [0.3, 0.4) is 0 Å². The number of carbonyl (C=O) groups is 1. The van der Waals surface area contributed by atoms with Crippen LogP contribution in [0.1, 0.15) is 29.0 Å². The summed E-state index contributed by atoms with van der Waals surface area (Å²) in [6, 6.07) is 5.52. The third-order valence-electron chi connectivity index (χ3n) is 4.27. The fraction of sp³-hybridized carbons (Fsp3) is 0.438. The third-order valence-corrected chi connectivity index (χ3v) is 4.57. The molecule has 1 aromatic heterocycles. The van der Waals surface area contributed by atoms with Crippen LogP contribution in [0.4, 0.5) is 0 Å². The van der Waals surface area contributed by atoms with Gasteiger partial charge in [-0.25, -0.2) is 0 Å². The molecule has 1 aliphatic rings. The number of carbonyl (C=O) groups excluding carboxylic acids is 1. The molecule has 112 valence electrons. The zero-order chi connectivity index (χ0) is 15.0. The lowest BCUT2D eigenvalue weighted by Crippen LogP contribution is -2.39. The zero-order valence-corrected chi connectivity index (χ0v) is 12.7. The second kappa shape index (κ2) is 5.70. The Bertz CT molecular complexity index is 671. The van der Waals surface area contributed by atoms with E-state index in [2.05, 4.69) is 0 Å². The summed E-state index contributed by atoms with van der Waals surface area (Å²) in [6.45, 7) is 3.40. The van der Waals surface area contributed by atoms with Crippen molar-refractivity contribution in [1.82, 2.24) is 4.90 Å². The molecule has 1 N–H and O–H groups in total. The van der Waals surface area contributed by atoms with Gasteiger partial charge in [0.05, 0.1) is 5.02 Å². The highest BCUT2D eigenvalue weighted by Crippen LogP contribution is 2.31. The number of nitrogens with zero attached hydrogens (tertiary/aromatic N) is 1. The van der Waals surface area contributed by atoms with E-state index < -0.39 is 0 Å². The quantitative estimate of drug-likeness (QED) is 0.926. The van der Waals surface area contributed by atoms with Gasteiger partial charge >= 0.3 is 0 Å². The molecule has 4 nitrogen and oxygen atoms in total. The number of amides is 1. The highest BCUT2D eigenvalue weighted by atomic mass is 35.5. The standard InChI is InChI=1S/C16H18ClNO3/c1-10-12-3-2-4-13(17)15(12)21-14(10)16(20)18-7-5-11(9-19)6-8-18/h2-4,11,19H,5-9H2,1H3. The predicted molar refractivity (Wildman–Crippen MR) is 81.7 cm³/mol. The number of para-hydroxylation sites is 1. The first-order valence-electron chi connectivity index (χ1n) is 7.19. The number of furan rings is 1. The molecule has 21 heavy (non-hydrogen) atoms. The first-order chi connectivity index (χ1) is 10.1. The number of fused-ring (bicyclic) bond motifs is 1. The van der Waals surface area contributed by atoms with Crippen LogP contribution in [-0.4, -0.2) is 35.6 Å². The Morgan fingerprint density at radius 3 is 2.76 bits per heavy atom. The summed E-state index contributed by atoms with van der Waals surface area (Å²) < 4.78 is 5.73. The molecule has 2 aromatic rings. The van der Waals surface area contributed by atoms with Crippen molar-refractivity contribution in [2.75, 3.05) is 19.7 Å². The van der Waals surface area contributed by atoms with Crippen molar-refractivity contribution in [3.63, 3.8) is 0 Å². The molecule has 1 saturated heterocycles. The minimum absolute atomic E-state index is 0.0869. The molecule has 0 aliphatic carbocycles. The van der Waals surface area contributed by atoms with Crippen molar-refractivity contribution in [2.24, 2.45) is 5.92 Å². The molecule has 1 aromatic carbocycles. The SMILES string of the molecule is Cc1c(C(=O)N2CCC(CO)CC2)oc2c(Cl)cccc12. The van der Waals surface area contributed by atoms with Crippen molar-refractivity contribution >= 4 is 28.5 Å². The highest BCUT2D eigenvalue weighted by Gasteiger charge is 2.27.